The zero-order chi connectivity index (χ0) is 13.3. The average molecular weight is 282 g/mol. The van der Waals surface area contributed by atoms with Crippen LogP contribution in [0, 0.1) is 0 Å². The first-order valence-corrected chi connectivity index (χ1v) is 5.87. The summed E-state index contributed by atoms with van der Waals surface area (Å²) in [5.74, 6) is 0. The van der Waals surface area contributed by atoms with Crippen LogP contribution in [0.2, 0.25) is 0 Å². The van der Waals surface area contributed by atoms with Crippen molar-refractivity contribution in [2.75, 3.05) is 19.9 Å². The van der Waals surface area contributed by atoms with Crippen molar-refractivity contribution in [1.82, 2.24) is 0 Å². The molecule has 0 bridgehead atoms. The van der Waals surface area contributed by atoms with E-state index in [9.17, 15) is 34.7 Å². The van der Waals surface area contributed by atoms with Crippen molar-refractivity contribution in [3.63, 3.8) is 0 Å². The van der Waals surface area contributed by atoms with Gasteiger partial charge in [0.25, 0.3) is 0 Å². The second-order valence-corrected chi connectivity index (χ2v) is 5.65. The molecule has 0 saturated carbocycles. The average Bonchev–Trinajstić information content (AvgIpc) is 1.96. The topological polar surface area (TPSA) is 18.5 Å². The van der Waals surface area contributed by atoms with Crippen molar-refractivity contribution < 1.29 is 43.8 Å². The SMILES string of the molecule is CP(F)(F)(OCC(F)(F)F)OCC(F)(F)F. The van der Waals surface area contributed by atoms with Crippen molar-refractivity contribution in [2.45, 2.75) is 12.4 Å². The Kier molecular flexibility index (Phi) is 4.17. The number of hydrogen-bond acceptors (Lipinski definition) is 2. The molecule has 0 atom stereocenters. The molecule has 0 aromatic heterocycles. The summed E-state index contributed by atoms with van der Waals surface area (Å²) in [6, 6.07) is 0. The van der Waals surface area contributed by atoms with E-state index in [2.05, 4.69) is 9.05 Å². The van der Waals surface area contributed by atoms with Gasteiger partial charge in [-0.05, 0) is 0 Å². The molecule has 0 aromatic carbocycles. The molecule has 0 radical (unpaired) electrons. The monoisotopic (exact) mass is 282 g/mol. The molecule has 0 aliphatic rings. The van der Waals surface area contributed by atoms with Crippen LogP contribution in [0.4, 0.5) is 34.7 Å². The van der Waals surface area contributed by atoms with E-state index in [-0.39, 0.29) is 6.66 Å². The first-order valence-electron chi connectivity index (χ1n) is 3.57. The van der Waals surface area contributed by atoms with Crippen LogP contribution in [-0.4, -0.2) is 32.2 Å². The molecule has 0 aliphatic carbocycles. The maximum absolute atomic E-state index is 12.9. The van der Waals surface area contributed by atoms with Gasteiger partial charge >= 0.3 is 83.7 Å². The first-order chi connectivity index (χ1) is 6.68. The molecule has 0 saturated heterocycles. The van der Waals surface area contributed by atoms with Gasteiger partial charge in [-0.25, -0.2) is 0 Å². The van der Waals surface area contributed by atoms with E-state index >= 15 is 0 Å². The standard InChI is InChI=1S/C5H7F8O2P/c1-16(12,13,14-2-4(6,7)8)15-3-5(9,10)11/h2-3H2,1H3. The third-order valence-electron chi connectivity index (χ3n) is 1.02. The fourth-order valence-electron chi connectivity index (χ4n) is 0.463. The molecular formula is C5H7F8O2P. The minimum atomic E-state index is -6.83. The summed E-state index contributed by atoms with van der Waals surface area (Å²) in [5, 5.41) is 0. The molecule has 16 heavy (non-hydrogen) atoms. The van der Waals surface area contributed by atoms with E-state index in [1.807, 2.05) is 0 Å². The van der Waals surface area contributed by atoms with Gasteiger partial charge in [-0.1, -0.05) is 0 Å². The number of halogens is 8. The Hall–Kier alpha value is -0.210. The quantitative estimate of drug-likeness (QED) is 0.574. The van der Waals surface area contributed by atoms with Crippen molar-refractivity contribution in [2.24, 2.45) is 0 Å². The zero-order valence-corrected chi connectivity index (χ0v) is 8.60. The van der Waals surface area contributed by atoms with Gasteiger partial charge < -0.3 is 0 Å². The van der Waals surface area contributed by atoms with Gasteiger partial charge in [0.05, 0.1) is 0 Å². The van der Waals surface area contributed by atoms with Gasteiger partial charge in [0, 0.05) is 0 Å². The number of hydrogen-bond donors (Lipinski definition) is 0. The van der Waals surface area contributed by atoms with Gasteiger partial charge in [0.2, 0.25) is 0 Å². The zero-order valence-electron chi connectivity index (χ0n) is 7.70. The predicted octanol–water partition coefficient (Wildman–Crippen LogP) is 3.93. The molecule has 0 rings (SSSR count). The molecule has 0 aliphatic heterocycles. The summed E-state index contributed by atoms with van der Waals surface area (Å²) >= 11 is 0. The van der Waals surface area contributed by atoms with Gasteiger partial charge in [0.15, 0.2) is 0 Å². The van der Waals surface area contributed by atoms with Crippen LogP contribution >= 0.6 is 7.68 Å². The van der Waals surface area contributed by atoms with Gasteiger partial charge in [-0.2, -0.15) is 0 Å². The number of rotatable bonds is 4. The molecular weight excluding hydrogens is 275 g/mol. The Morgan fingerprint density at radius 3 is 1.25 bits per heavy atom. The van der Waals surface area contributed by atoms with Crippen molar-refractivity contribution in [3.05, 3.63) is 0 Å². The fraction of sp³-hybridized carbons (Fsp3) is 1.00. The second-order valence-electron chi connectivity index (χ2n) is 2.89. The van der Waals surface area contributed by atoms with Crippen LogP contribution in [0.15, 0.2) is 0 Å². The van der Waals surface area contributed by atoms with Crippen molar-refractivity contribution in [3.8, 4) is 0 Å². The number of alkyl halides is 6. The first kappa shape index (κ1) is 15.8. The van der Waals surface area contributed by atoms with E-state index in [1.165, 1.54) is 0 Å². The van der Waals surface area contributed by atoms with Gasteiger partial charge in [0.1, 0.15) is 0 Å². The third-order valence-corrected chi connectivity index (χ3v) is 2.39. The molecule has 11 heteroatoms. The Morgan fingerprint density at radius 2 is 1.06 bits per heavy atom. The van der Waals surface area contributed by atoms with Crippen LogP contribution in [0.5, 0.6) is 0 Å². The molecule has 2 nitrogen and oxygen atoms in total. The summed E-state index contributed by atoms with van der Waals surface area (Å²) in [5.41, 5.74) is 0. The van der Waals surface area contributed by atoms with Crippen LogP contribution in [-0.2, 0) is 9.05 Å². The van der Waals surface area contributed by atoms with E-state index in [0.29, 0.717) is 0 Å². The maximum atomic E-state index is 12.9. The molecule has 0 unspecified atom stereocenters. The normalized spacial score (nSPS) is 16.9. The van der Waals surface area contributed by atoms with Gasteiger partial charge in [-0.15, -0.1) is 0 Å². The van der Waals surface area contributed by atoms with Gasteiger partial charge in [-0.3, -0.25) is 0 Å². The fourth-order valence-corrected chi connectivity index (χ4v) is 1.39. The predicted molar refractivity (Wildman–Crippen MR) is 39.1 cm³/mol. The molecule has 0 N–H and O–H groups in total. The van der Waals surface area contributed by atoms with E-state index in [4.69, 9.17) is 0 Å². The van der Waals surface area contributed by atoms with E-state index in [1.54, 1.807) is 0 Å². The summed E-state index contributed by atoms with van der Waals surface area (Å²) in [4.78, 5) is 0. The summed E-state index contributed by atoms with van der Waals surface area (Å²) in [7, 11) is -6.83. The third kappa shape index (κ3) is 9.05. The molecule has 0 amide bonds. The summed E-state index contributed by atoms with van der Waals surface area (Å²) < 4.78 is 101. The van der Waals surface area contributed by atoms with Crippen LogP contribution in [0.1, 0.15) is 0 Å². The molecule has 0 spiro atoms. The van der Waals surface area contributed by atoms with Crippen LogP contribution < -0.4 is 0 Å². The molecule has 0 aromatic rings. The Labute approximate surface area is 84.8 Å². The van der Waals surface area contributed by atoms with Crippen LogP contribution in [0.25, 0.3) is 0 Å². The van der Waals surface area contributed by atoms with E-state index < -0.39 is 33.2 Å². The van der Waals surface area contributed by atoms with Crippen molar-refractivity contribution >= 4 is 7.68 Å². The molecule has 0 heterocycles. The molecule has 100 valence electrons. The Bertz CT molecular complexity index is 216. The second kappa shape index (κ2) is 4.23. The van der Waals surface area contributed by atoms with Crippen molar-refractivity contribution in [1.29, 1.82) is 0 Å². The molecule has 0 fully saturated rings. The summed E-state index contributed by atoms with van der Waals surface area (Å²) in [6.07, 6.45) is -10.1. The van der Waals surface area contributed by atoms with Crippen LogP contribution in [0.3, 0.4) is 0 Å². The minimum absolute atomic E-state index is 0.205. The Morgan fingerprint density at radius 1 is 0.812 bits per heavy atom. The Balaban J connectivity index is 4.36. The summed E-state index contributed by atoms with van der Waals surface area (Å²) in [6.45, 7) is -4.94. The van der Waals surface area contributed by atoms with E-state index in [0.717, 1.165) is 0 Å².